The van der Waals surface area contributed by atoms with Crippen molar-refractivity contribution in [1.82, 2.24) is 5.32 Å². The number of benzene rings is 1. The first-order valence-corrected chi connectivity index (χ1v) is 5.09. The topological polar surface area (TPSA) is 61.7 Å². The maximum absolute atomic E-state index is 11.2. The second-order valence-electron chi connectivity index (χ2n) is 3.50. The quantitative estimate of drug-likeness (QED) is 0.727. The van der Waals surface area contributed by atoms with Crippen LogP contribution >= 0.6 is 0 Å². The largest absolute Gasteiger partial charge is 0.394 e. The number of carbonyl (C=O) groups is 1. The highest BCUT2D eigenvalue weighted by Crippen LogP contribution is 2.01. The minimum Gasteiger partial charge on any atom is -0.394 e. The number of aliphatic imine (C=N–C) groups is 1. The van der Waals surface area contributed by atoms with Gasteiger partial charge in [-0.3, -0.25) is 9.79 Å². The van der Waals surface area contributed by atoms with Gasteiger partial charge in [0.25, 0.3) is 0 Å². The van der Waals surface area contributed by atoms with E-state index in [0.717, 1.165) is 11.1 Å². The van der Waals surface area contributed by atoms with Gasteiger partial charge in [-0.05, 0) is 12.5 Å². The van der Waals surface area contributed by atoms with Crippen molar-refractivity contribution in [2.24, 2.45) is 4.99 Å². The lowest BCUT2D eigenvalue weighted by molar-refractivity contribution is -0.122. The lowest BCUT2D eigenvalue weighted by atomic mass is 10.1. The molecule has 1 atom stereocenters. The average Bonchev–Trinajstić information content (AvgIpc) is 2.29. The number of amides is 1. The summed E-state index contributed by atoms with van der Waals surface area (Å²) in [7, 11) is 1.52. The van der Waals surface area contributed by atoms with Crippen LogP contribution in [0.15, 0.2) is 29.3 Å². The van der Waals surface area contributed by atoms with E-state index in [-0.39, 0.29) is 12.5 Å². The van der Waals surface area contributed by atoms with Crippen LogP contribution in [0.5, 0.6) is 0 Å². The molecule has 0 aromatic heterocycles. The van der Waals surface area contributed by atoms with Crippen molar-refractivity contribution in [2.45, 2.75) is 13.0 Å². The second kappa shape index (κ2) is 6.02. The van der Waals surface area contributed by atoms with Crippen molar-refractivity contribution in [3.05, 3.63) is 35.4 Å². The zero-order chi connectivity index (χ0) is 12.0. The molecule has 0 unspecified atom stereocenters. The Morgan fingerprint density at radius 3 is 2.94 bits per heavy atom. The Labute approximate surface area is 95.0 Å². The van der Waals surface area contributed by atoms with E-state index in [1.807, 2.05) is 31.2 Å². The van der Waals surface area contributed by atoms with E-state index in [2.05, 4.69) is 10.3 Å². The Morgan fingerprint density at radius 1 is 1.62 bits per heavy atom. The highest BCUT2D eigenvalue weighted by Gasteiger charge is 2.12. The molecule has 0 aliphatic heterocycles. The Morgan fingerprint density at radius 2 is 2.38 bits per heavy atom. The van der Waals surface area contributed by atoms with Crippen LogP contribution in [0, 0.1) is 6.92 Å². The summed E-state index contributed by atoms with van der Waals surface area (Å²) in [6.07, 6.45) is 1.60. The van der Waals surface area contributed by atoms with Crippen molar-refractivity contribution in [2.75, 3.05) is 13.7 Å². The van der Waals surface area contributed by atoms with E-state index >= 15 is 0 Å². The number of nitrogens with zero attached hydrogens (tertiary/aromatic N) is 1. The minimum absolute atomic E-state index is 0.286. The maximum Gasteiger partial charge on any atom is 0.246 e. The molecule has 4 heteroatoms. The fourth-order valence-electron chi connectivity index (χ4n) is 1.29. The van der Waals surface area contributed by atoms with Crippen LogP contribution < -0.4 is 5.32 Å². The van der Waals surface area contributed by atoms with E-state index in [4.69, 9.17) is 5.11 Å². The number of aliphatic hydroxyl groups excluding tert-OH is 1. The number of nitrogens with one attached hydrogen (secondary N) is 1. The van der Waals surface area contributed by atoms with Gasteiger partial charge in [0.1, 0.15) is 0 Å². The summed E-state index contributed by atoms with van der Waals surface area (Å²) in [6.45, 7) is 1.70. The molecule has 0 bridgehead atoms. The van der Waals surface area contributed by atoms with Gasteiger partial charge in [-0.2, -0.15) is 0 Å². The van der Waals surface area contributed by atoms with E-state index in [9.17, 15) is 4.79 Å². The predicted octanol–water partition coefficient (Wildman–Crippen LogP) is 0.521. The van der Waals surface area contributed by atoms with Crippen LogP contribution in [0.2, 0.25) is 0 Å². The first-order chi connectivity index (χ1) is 7.67. The number of rotatable bonds is 4. The molecule has 4 nitrogen and oxygen atoms in total. The molecular formula is C12H16N2O2. The van der Waals surface area contributed by atoms with Crippen molar-refractivity contribution in [3.63, 3.8) is 0 Å². The van der Waals surface area contributed by atoms with Gasteiger partial charge in [0.2, 0.25) is 5.91 Å². The summed E-state index contributed by atoms with van der Waals surface area (Å²) >= 11 is 0. The third-order valence-electron chi connectivity index (χ3n) is 2.17. The summed E-state index contributed by atoms with van der Waals surface area (Å²) in [5, 5.41) is 11.4. The molecule has 86 valence electrons. The van der Waals surface area contributed by atoms with Crippen LogP contribution in [0.3, 0.4) is 0 Å². The van der Waals surface area contributed by atoms with E-state index in [1.54, 1.807) is 6.21 Å². The molecule has 16 heavy (non-hydrogen) atoms. The number of aryl methyl sites for hydroxylation is 1. The van der Waals surface area contributed by atoms with Gasteiger partial charge >= 0.3 is 0 Å². The third-order valence-corrected chi connectivity index (χ3v) is 2.17. The van der Waals surface area contributed by atoms with Gasteiger partial charge in [-0.15, -0.1) is 0 Å². The highest BCUT2D eigenvalue weighted by molar-refractivity contribution is 5.86. The lowest BCUT2D eigenvalue weighted by Gasteiger charge is -2.06. The zero-order valence-electron chi connectivity index (χ0n) is 9.47. The van der Waals surface area contributed by atoms with Crippen molar-refractivity contribution >= 4 is 12.1 Å². The Balaban J connectivity index is 2.75. The van der Waals surface area contributed by atoms with E-state index < -0.39 is 6.04 Å². The van der Waals surface area contributed by atoms with Gasteiger partial charge in [0.15, 0.2) is 6.04 Å². The fraction of sp³-hybridized carbons (Fsp3) is 0.333. The van der Waals surface area contributed by atoms with Crippen molar-refractivity contribution in [1.29, 1.82) is 0 Å². The third kappa shape index (κ3) is 3.47. The number of aliphatic hydroxyl groups is 1. The lowest BCUT2D eigenvalue weighted by Crippen LogP contribution is -2.33. The summed E-state index contributed by atoms with van der Waals surface area (Å²) in [5.41, 5.74) is 2.05. The van der Waals surface area contributed by atoms with Crippen molar-refractivity contribution in [3.8, 4) is 0 Å². The van der Waals surface area contributed by atoms with Gasteiger partial charge in [0.05, 0.1) is 6.61 Å². The first kappa shape index (κ1) is 12.4. The number of hydrogen-bond acceptors (Lipinski definition) is 3. The zero-order valence-corrected chi connectivity index (χ0v) is 9.47. The number of likely N-dealkylation sites (N-methyl/N-ethyl adjacent to an activating group) is 1. The molecule has 1 aromatic rings. The smallest absolute Gasteiger partial charge is 0.246 e. The Bertz CT molecular complexity index is 388. The molecule has 0 spiro atoms. The van der Waals surface area contributed by atoms with Gasteiger partial charge in [0, 0.05) is 13.3 Å². The van der Waals surface area contributed by atoms with Crippen LogP contribution in [-0.4, -0.2) is 36.9 Å². The number of hydrogen-bond donors (Lipinski definition) is 2. The predicted molar refractivity (Wildman–Crippen MR) is 63.7 cm³/mol. The maximum atomic E-state index is 11.2. The molecule has 0 heterocycles. The minimum atomic E-state index is -0.731. The molecule has 1 aromatic carbocycles. The van der Waals surface area contributed by atoms with E-state index in [1.165, 1.54) is 7.05 Å². The van der Waals surface area contributed by atoms with Gasteiger partial charge < -0.3 is 10.4 Å². The summed E-state index contributed by atoms with van der Waals surface area (Å²) in [5.74, 6) is -0.286. The Kier molecular flexibility index (Phi) is 4.66. The normalized spacial score (nSPS) is 12.7. The fourth-order valence-corrected chi connectivity index (χ4v) is 1.29. The van der Waals surface area contributed by atoms with Crippen LogP contribution in [0.4, 0.5) is 0 Å². The van der Waals surface area contributed by atoms with Gasteiger partial charge in [-0.25, -0.2) is 0 Å². The standard InChI is InChI=1S/C12H16N2O2/c1-9-4-3-5-10(6-9)7-14-11(8-15)12(16)13-2/h3-7,11,15H,8H2,1-2H3,(H,13,16)/t11-/m0/s1. The average molecular weight is 220 g/mol. The number of carbonyl (C=O) groups excluding carboxylic acids is 1. The molecule has 1 rings (SSSR count). The highest BCUT2D eigenvalue weighted by atomic mass is 16.3. The molecule has 2 N–H and O–H groups in total. The van der Waals surface area contributed by atoms with Crippen LogP contribution in [0.25, 0.3) is 0 Å². The summed E-state index contributed by atoms with van der Waals surface area (Å²) in [4.78, 5) is 15.3. The summed E-state index contributed by atoms with van der Waals surface area (Å²) < 4.78 is 0. The molecule has 1 amide bonds. The van der Waals surface area contributed by atoms with Gasteiger partial charge in [-0.1, -0.05) is 29.8 Å². The SMILES string of the molecule is CNC(=O)[C@H](CO)N=Cc1cccc(C)c1. The van der Waals surface area contributed by atoms with E-state index in [0.29, 0.717) is 0 Å². The molecular weight excluding hydrogens is 204 g/mol. The second-order valence-corrected chi connectivity index (χ2v) is 3.50. The first-order valence-electron chi connectivity index (χ1n) is 5.09. The monoisotopic (exact) mass is 220 g/mol. The van der Waals surface area contributed by atoms with Crippen LogP contribution in [-0.2, 0) is 4.79 Å². The van der Waals surface area contributed by atoms with Crippen LogP contribution in [0.1, 0.15) is 11.1 Å². The molecule has 0 saturated carbocycles. The van der Waals surface area contributed by atoms with Crippen molar-refractivity contribution < 1.29 is 9.90 Å². The molecule has 0 fully saturated rings. The molecule has 0 aliphatic rings. The summed E-state index contributed by atoms with van der Waals surface area (Å²) in [6, 6.07) is 7.03. The Hall–Kier alpha value is -1.68. The molecule has 0 aliphatic carbocycles. The molecule has 0 saturated heterocycles. The molecule has 0 radical (unpaired) electrons.